The minimum atomic E-state index is 0.0172. The SMILES string of the molecule is O=C1CC[C@H](NC(=O)CCCc2cc(Cl)sc2Cl)CN1. The molecule has 2 heterocycles. The molecule has 4 nitrogen and oxygen atoms in total. The van der Waals surface area contributed by atoms with Gasteiger partial charge < -0.3 is 10.6 Å². The van der Waals surface area contributed by atoms with Crippen molar-refractivity contribution in [2.45, 2.75) is 38.1 Å². The first kappa shape index (κ1) is 15.6. The lowest BCUT2D eigenvalue weighted by Crippen LogP contribution is -2.47. The second-order valence-electron chi connectivity index (χ2n) is 4.81. The molecule has 0 unspecified atom stereocenters. The molecule has 1 aliphatic rings. The van der Waals surface area contributed by atoms with Gasteiger partial charge in [0.15, 0.2) is 0 Å². The zero-order chi connectivity index (χ0) is 14.5. The molecule has 1 aromatic rings. The van der Waals surface area contributed by atoms with Crippen LogP contribution in [0, 0.1) is 0 Å². The van der Waals surface area contributed by atoms with Gasteiger partial charge in [-0.2, -0.15) is 0 Å². The Kier molecular flexibility index (Phi) is 5.69. The molecule has 0 radical (unpaired) electrons. The van der Waals surface area contributed by atoms with E-state index in [9.17, 15) is 9.59 Å². The Morgan fingerprint density at radius 2 is 2.30 bits per heavy atom. The third kappa shape index (κ3) is 4.65. The lowest BCUT2D eigenvalue weighted by atomic mass is 10.1. The zero-order valence-electron chi connectivity index (χ0n) is 10.9. The average molecular weight is 335 g/mol. The molecule has 1 saturated heterocycles. The number of aryl methyl sites for hydroxylation is 1. The molecule has 0 spiro atoms. The van der Waals surface area contributed by atoms with E-state index in [0.29, 0.717) is 34.5 Å². The molecule has 2 N–H and O–H groups in total. The minimum Gasteiger partial charge on any atom is -0.354 e. The standard InChI is InChI=1S/C13H16Cl2N2O2S/c14-10-6-8(13(15)20-10)2-1-3-12(19)17-9-4-5-11(18)16-7-9/h6,9H,1-5,7H2,(H,16,18)(H,17,19)/t9-/m0/s1. The van der Waals surface area contributed by atoms with E-state index in [-0.39, 0.29) is 17.9 Å². The molecule has 1 atom stereocenters. The molecule has 0 aromatic carbocycles. The highest BCUT2D eigenvalue weighted by molar-refractivity contribution is 7.20. The highest BCUT2D eigenvalue weighted by Gasteiger charge is 2.19. The summed E-state index contributed by atoms with van der Waals surface area (Å²) >= 11 is 13.2. The maximum atomic E-state index is 11.8. The number of halogens is 2. The molecular formula is C13H16Cl2N2O2S. The number of rotatable bonds is 5. The van der Waals surface area contributed by atoms with Crippen LogP contribution in [0.15, 0.2) is 6.07 Å². The summed E-state index contributed by atoms with van der Waals surface area (Å²) in [6, 6.07) is 1.91. The quantitative estimate of drug-likeness (QED) is 0.869. The largest absolute Gasteiger partial charge is 0.354 e. The van der Waals surface area contributed by atoms with Crippen LogP contribution in [0.4, 0.5) is 0 Å². The molecule has 20 heavy (non-hydrogen) atoms. The third-order valence-electron chi connectivity index (χ3n) is 3.21. The van der Waals surface area contributed by atoms with Crippen molar-refractivity contribution in [3.05, 3.63) is 20.3 Å². The number of amides is 2. The van der Waals surface area contributed by atoms with Crippen molar-refractivity contribution in [3.63, 3.8) is 0 Å². The van der Waals surface area contributed by atoms with Gasteiger partial charge in [-0.05, 0) is 30.9 Å². The number of hydrogen-bond acceptors (Lipinski definition) is 3. The number of nitrogens with one attached hydrogen (secondary N) is 2. The van der Waals surface area contributed by atoms with E-state index in [1.54, 1.807) is 0 Å². The van der Waals surface area contributed by atoms with Crippen LogP contribution >= 0.6 is 34.5 Å². The predicted octanol–water partition coefficient (Wildman–Crippen LogP) is 2.77. The van der Waals surface area contributed by atoms with E-state index in [4.69, 9.17) is 23.2 Å². The van der Waals surface area contributed by atoms with Crippen molar-refractivity contribution in [2.75, 3.05) is 6.54 Å². The summed E-state index contributed by atoms with van der Waals surface area (Å²) in [7, 11) is 0. The number of piperidine rings is 1. The van der Waals surface area contributed by atoms with Crippen molar-refractivity contribution < 1.29 is 9.59 Å². The van der Waals surface area contributed by atoms with Crippen molar-refractivity contribution in [2.24, 2.45) is 0 Å². The van der Waals surface area contributed by atoms with Crippen LogP contribution in [0.1, 0.15) is 31.2 Å². The highest BCUT2D eigenvalue weighted by atomic mass is 35.5. The third-order valence-corrected chi connectivity index (χ3v) is 4.78. The highest BCUT2D eigenvalue weighted by Crippen LogP contribution is 2.31. The van der Waals surface area contributed by atoms with E-state index in [1.807, 2.05) is 6.07 Å². The van der Waals surface area contributed by atoms with Crippen molar-refractivity contribution in [1.29, 1.82) is 0 Å². The molecule has 0 bridgehead atoms. The predicted molar refractivity (Wildman–Crippen MR) is 81.5 cm³/mol. The zero-order valence-corrected chi connectivity index (χ0v) is 13.2. The van der Waals surface area contributed by atoms with Crippen molar-refractivity contribution >= 4 is 46.4 Å². The summed E-state index contributed by atoms with van der Waals surface area (Å²) in [6.45, 7) is 0.524. The van der Waals surface area contributed by atoms with Crippen molar-refractivity contribution in [1.82, 2.24) is 10.6 Å². The van der Waals surface area contributed by atoms with Gasteiger partial charge in [0.1, 0.15) is 0 Å². The average Bonchev–Trinajstić information content (AvgIpc) is 2.71. The summed E-state index contributed by atoms with van der Waals surface area (Å²) in [5.41, 5.74) is 0.999. The van der Waals surface area contributed by atoms with E-state index in [0.717, 1.165) is 18.4 Å². The second-order valence-corrected chi connectivity index (χ2v) is 7.10. The first-order valence-corrected chi connectivity index (χ1v) is 8.11. The molecule has 1 aromatic heterocycles. The Labute approximate surface area is 131 Å². The Morgan fingerprint density at radius 3 is 2.90 bits per heavy atom. The summed E-state index contributed by atoms with van der Waals surface area (Å²) in [4.78, 5) is 22.8. The molecule has 1 fully saturated rings. The number of carbonyl (C=O) groups excluding carboxylic acids is 2. The van der Waals surface area contributed by atoms with Gasteiger partial charge in [-0.1, -0.05) is 23.2 Å². The van der Waals surface area contributed by atoms with Crippen LogP contribution < -0.4 is 10.6 Å². The van der Waals surface area contributed by atoms with E-state index in [2.05, 4.69) is 10.6 Å². The van der Waals surface area contributed by atoms with Crippen LogP contribution in [0.3, 0.4) is 0 Å². The molecule has 2 amide bonds. The fourth-order valence-corrected chi connectivity index (χ4v) is 3.68. The second kappa shape index (κ2) is 7.29. The lowest BCUT2D eigenvalue weighted by molar-refractivity contribution is -0.125. The van der Waals surface area contributed by atoms with Gasteiger partial charge in [-0.3, -0.25) is 9.59 Å². The van der Waals surface area contributed by atoms with Gasteiger partial charge in [0, 0.05) is 25.4 Å². The first-order chi connectivity index (χ1) is 9.54. The molecule has 2 rings (SSSR count). The summed E-state index contributed by atoms with van der Waals surface area (Å²) in [5.74, 6) is 0.0723. The normalized spacial score (nSPS) is 18.7. The molecular weight excluding hydrogens is 319 g/mol. The summed E-state index contributed by atoms with van der Waals surface area (Å²) < 4.78 is 1.37. The van der Waals surface area contributed by atoms with E-state index >= 15 is 0 Å². The molecule has 1 aliphatic heterocycles. The topological polar surface area (TPSA) is 58.2 Å². The Hall–Kier alpha value is -0.780. The fourth-order valence-electron chi connectivity index (χ4n) is 2.14. The van der Waals surface area contributed by atoms with Gasteiger partial charge in [0.05, 0.1) is 8.67 Å². The van der Waals surface area contributed by atoms with Gasteiger partial charge in [0.2, 0.25) is 11.8 Å². The van der Waals surface area contributed by atoms with Crippen LogP contribution in [-0.2, 0) is 16.0 Å². The Balaban J connectivity index is 1.67. The number of thiophene rings is 1. The smallest absolute Gasteiger partial charge is 0.220 e. The molecule has 7 heteroatoms. The number of hydrogen-bond donors (Lipinski definition) is 2. The minimum absolute atomic E-state index is 0.0172. The molecule has 110 valence electrons. The van der Waals surface area contributed by atoms with Crippen LogP contribution in [0.25, 0.3) is 0 Å². The van der Waals surface area contributed by atoms with Gasteiger partial charge >= 0.3 is 0 Å². The lowest BCUT2D eigenvalue weighted by Gasteiger charge is -2.23. The van der Waals surface area contributed by atoms with E-state index in [1.165, 1.54) is 11.3 Å². The van der Waals surface area contributed by atoms with Gasteiger partial charge in [0.25, 0.3) is 0 Å². The maximum Gasteiger partial charge on any atom is 0.220 e. The Morgan fingerprint density at radius 1 is 1.50 bits per heavy atom. The number of carbonyl (C=O) groups is 2. The maximum absolute atomic E-state index is 11.8. The Bertz CT molecular complexity index is 495. The van der Waals surface area contributed by atoms with Crippen LogP contribution in [0.5, 0.6) is 0 Å². The van der Waals surface area contributed by atoms with Gasteiger partial charge in [-0.25, -0.2) is 0 Å². The summed E-state index contributed by atoms with van der Waals surface area (Å²) in [5, 5.41) is 5.68. The van der Waals surface area contributed by atoms with Crippen molar-refractivity contribution in [3.8, 4) is 0 Å². The monoisotopic (exact) mass is 334 g/mol. The first-order valence-electron chi connectivity index (χ1n) is 6.54. The summed E-state index contributed by atoms with van der Waals surface area (Å²) in [6.07, 6.45) is 3.13. The molecule has 0 saturated carbocycles. The van der Waals surface area contributed by atoms with Crippen LogP contribution in [-0.4, -0.2) is 24.4 Å². The fraction of sp³-hybridized carbons (Fsp3) is 0.538. The molecule has 0 aliphatic carbocycles. The van der Waals surface area contributed by atoms with Gasteiger partial charge in [-0.15, -0.1) is 11.3 Å². The van der Waals surface area contributed by atoms with Crippen LogP contribution in [0.2, 0.25) is 8.67 Å². The van der Waals surface area contributed by atoms with E-state index < -0.39 is 0 Å².